The van der Waals surface area contributed by atoms with Crippen LogP contribution in [0.4, 0.5) is 4.79 Å². The van der Waals surface area contributed by atoms with Crippen molar-refractivity contribution in [2.75, 3.05) is 65.7 Å². The average molecular weight is 419 g/mol. The fraction of sp³-hybridized carbons (Fsp3) is 0.696. The van der Waals surface area contributed by atoms with E-state index < -0.39 is 0 Å². The molecule has 7 heteroatoms. The molecule has 2 amide bonds. The Morgan fingerprint density at radius 2 is 1.67 bits per heavy atom. The van der Waals surface area contributed by atoms with Gasteiger partial charge in [-0.05, 0) is 25.8 Å². The molecule has 168 valence electrons. The Hall–Kier alpha value is -1.67. The van der Waals surface area contributed by atoms with Crippen LogP contribution in [0.2, 0.25) is 0 Å². The van der Waals surface area contributed by atoms with E-state index in [1.54, 1.807) is 0 Å². The van der Waals surface area contributed by atoms with E-state index in [0.29, 0.717) is 6.54 Å². The van der Waals surface area contributed by atoms with Crippen LogP contribution in [-0.2, 0) is 9.47 Å². The van der Waals surface area contributed by atoms with E-state index in [9.17, 15) is 4.79 Å². The maximum atomic E-state index is 12.9. The summed E-state index contributed by atoms with van der Waals surface area (Å²) in [5.74, 6) is 0. The normalized spacial score (nSPS) is 21.6. The largest absolute Gasteiger partial charge is 0.379 e. The van der Waals surface area contributed by atoms with Crippen LogP contribution >= 0.6 is 0 Å². The smallest absolute Gasteiger partial charge is 0.315 e. The number of carbonyl (C=O) groups is 1. The number of morpholine rings is 2. The third-order valence-electron chi connectivity index (χ3n) is 6.50. The van der Waals surface area contributed by atoms with Gasteiger partial charge in [0.05, 0.1) is 32.5 Å². The van der Waals surface area contributed by atoms with Crippen molar-refractivity contribution >= 4 is 6.03 Å². The summed E-state index contributed by atoms with van der Waals surface area (Å²) in [6.07, 6.45) is 0.975. The second-order valence-corrected chi connectivity index (χ2v) is 8.65. The quantitative estimate of drug-likeness (QED) is 0.677. The van der Waals surface area contributed by atoms with Crippen molar-refractivity contribution in [1.82, 2.24) is 20.4 Å². The number of nitrogens with one attached hydrogen (secondary N) is 2. The van der Waals surface area contributed by atoms with Crippen molar-refractivity contribution in [1.29, 1.82) is 0 Å². The van der Waals surface area contributed by atoms with E-state index in [1.165, 1.54) is 5.56 Å². The molecule has 2 heterocycles. The predicted octanol–water partition coefficient (Wildman–Crippen LogP) is 2.17. The summed E-state index contributed by atoms with van der Waals surface area (Å²) in [6.45, 7) is 14.5. The highest BCUT2D eigenvalue weighted by molar-refractivity contribution is 5.74. The van der Waals surface area contributed by atoms with Crippen LogP contribution in [0.15, 0.2) is 24.3 Å². The molecule has 0 aromatic heterocycles. The summed E-state index contributed by atoms with van der Waals surface area (Å²) in [4.78, 5) is 17.7. The van der Waals surface area contributed by atoms with Gasteiger partial charge in [-0.2, -0.15) is 0 Å². The van der Waals surface area contributed by atoms with Crippen LogP contribution in [0.1, 0.15) is 37.4 Å². The maximum absolute atomic E-state index is 12.9. The molecule has 2 unspecified atom stereocenters. The van der Waals surface area contributed by atoms with Crippen molar-refractivity contribution < 1.29 is 14.3 Å². The van der Waals surface area contributed by atoms with E-state index in [1.807, 2.05) is 0 Å². The van der Waals surface area contributed by atoms with Crippen molar-refractivity contribution in [3.63, 3.8) is 0 Å². The molecule has 0 saturated carbocycles. The van der Waals surface area contributed by atoms with Gasteiger partial charge in [-0.15, -0.1) is 0 Å². The summed E-state index contributed by atoms with van der Waals surface area (Å²) >= 11 is 0. The number of amides is 2. The van der Waals surface area contributed by atoms with Crippen molar-refractivity contribution in [2.45, 2.75) is 38.8 Å². The highest BCUT2D eigenvalue weighted by atomic mass is 16.5. The first-order valence-electron chi connectivity index (χ1n) is 11.2. The molecule has 2 aliphatic heterocycles. The molecular formula is C23H38N4O3. The molecule has 1 aromatic rings. The van der Waals surface area contributed by atoms with Gasteiger partial charge in [-0.3, -0.25) is 9.80 Å². The second kappa shape index (κ2) is 11.1. The lowest BCUT2D eigenvalue weighted by molar-refractivity contribution is -0.0165. The molecule has 7 nitrogen and oxygen atoms in total. The number of carbonyl (C=O) groups excluding carboxylic acids is 1. The van der Waals surface area contributed by atoms with Crippen molar-refractivity contribution in [2.24, 2.45) is 0 Å². The van der Waals surface area contributed by atoms with E-state index >= 15 is 0 Å². The molecular weight excluding hydrogens is 380 g/mol. The number of hydrogen-bond donors (Lipinski definition) is 2. The lowest BCUT2D eigenvalue weighted by atomic mass is 9.95. The fourth-order valence-corrected chi connectivity index (χ4v) is 4.12. The Bertz CT molecular complexity index is 657. The minimum Gasteiger partial charge on any atom is -0.379 e. The molecule has 2 N–H and O–H groups in total. The summed E-state index contributed by atoms with van der Waals surface area (Å²) in [7, 11) is 0. The Morgan fingerprint density at radius 3 is 2.27 bits per heavy atom. The van der Waals surface area contributed by atoms with Gasteiger partial charge in [0, 0.05) is 44.8 Å². The third kappa shape index (κ3) is 6.41. The van der Waals surface area contributed by atoms with Crippen LogP contribution in [0.3, 0.4) is 0 Å². The fourth-order valence-electron chi connectivity index (χ4n) is 4.12. The van der Waals surface area contributed by atoms with Crippen LogP contribution < -0.4 is 10.6 Å². The number of hydrogen-bond acceptors (Lipinski definition) is 5. The maximum Gasteiger partial charge on any atom is 0.315 e. The zero-order valence-electron chi connectivity index (χ0n) is 18.8. The zero-order valence-corrected chi connectivity index (χ0v) is 18.8. The molecule has 0 bridgehead atoms. The van der Waals surface area contributed by atoms with E-state index in [2.05, 4.69) is 65.5 Å². The highest BCUT2D eigenvalue weighted by Gasteiger charge is 2.32. The third-order valence-corrected chi connectivity index (χ3v) is 6.50. The van der Waals surface area contributed by atoms with Gasteiger partial charge in [-0.25, -0.2) is 4.79 Å². The topological polar surface area (TPSA) is 66.1 Å². The van der Waals surface area contributed by atoms with Gasteiger partial charge in [-0.1, -0.05) is 36.8 Å². The lowest BCUT2D eigenvalue weighted by Crippen LogP contribution is -2.58. The Labute approximate surface area is 181 Å². The molecule has 0 spiro atoms. The van der Waals surface area contributed by atoms with Gasteiger partial charge in [0.15, 0.2) is 0 Å². The van der Waals surface area contributed by atoms with Crippen LogP contribution in [0.5, 0.6) is 0 Å². The standard InChI is InChI=1S/C23H38N4O3/c1-4-23(3,27-11-15-30-16-12-27)18-24-22(28)25-21(17-26-9-13-29-14-10-26)20-7-5-19(2)6-8-20/h5-8,21H,4,9-18H2,1-3H3,(H2,24,25,28). The van der Waals surface area contributed by atoms with Gasteiger partial charge in [0.25, 0.3) is 0 Å². The lowest BCUT2D eigenvalue weighted by Gasteiger charge is -2.43. The first-order valence-corrected chi connectivity index (χ1v) is 11.2. The molecule has 30 heavy (non-hydrogen) atoms. The van der Waals surface area contributed by atoms with Gasteiger partial charge in [0.1, 0.15) is 0 Å². The van der Waals surface area contributed by atoms with E-state index in [4.69, 9.17) is 9.47 Å². The van der Waals surface area contributed by atoms with Gasteiger partial charge >= 0.3 is 6.03 Å². The highest BCUT2D eigenvalue weighted by Crippen LogP contribution is 2.20. The van der Waals surface area contributed by atoms with Crippen LogP contribution in [0.25, 0.3) is 0 Å². The first-order chi connectivity index (χ1) is 14.5. The number of urea groups is 1. The molecule has 2 fully saturated rings. The van der Waals surface area contributed by atoms with Crippen molar-refractivity contribution in [3.05, 3.63) is 35.4 Å². The molecule has 2 saturated heterocycles. The van der Waals surface area contributed by atoms with E-state index in [0.717, 1.165) is 71.1 Å². The summed E-state index contributed by atoms with van der Waals surface area (Å²) in [6, 6.07) is 8.28. The second-order valence-electron chi connectivity index (χ2n) is 8.65. The number of nitrogens with zero attached hydrogens (tertiary/aromatic N) is 2. The zero-order chi connectivity index (χ0) is 21.4. The summed E-state index contributed by atoms with van der Waals surface area (Å²) in [5, 5.41) is 6.37. The molecule has 1 aromatic carbocycles. The minimum atomic E-state index is -0.109. The Balaban J connectivity index is 1.60. The molecule has 2 atom stereocenters. The predicted molar refractivity (Wildman–Crippen MR) is 119 cm³/mol. The van der Waals surface area contributed by atoms with Gasteiger partial charge in [0.2, 0.25) is 0 Å². The number of ether oxygens (including phenoxy) is 2. The Morgan fingerprint density at radius 1 is 1.07 bits per heavy atom. The first kappa shape index (κ1) is 23.0. The van der Waals surface area contributed by atoms with Crippen molar-refractivity contribution in [3.8, 4) is 0 Å². The van der Waals surface area contributed by atoms with Crippen LogP contribution in [0, 0.1) is 6.92 Å². The van der Waals surface area contributed by atoms with E-state index in [-0.39, 0.29) is 17.6 Å². The summed E-state index contributed by atoms with van der Waals surface area (Å²) in [5.41, 5.74) is 2.29. The number of aryl methyl sites for hydroxylation is 1. The molecule has 3 rings (SSSR count). The van der Waals surface area contributed by atoms with Gasteiger partial charge < -0.3 is 20.1 Å². The van der Waals surface area contributed by atoms with Crippen LogP contribution in [-0.4, -0.2) is 87.1 Å². The number of rotatable bonds is 8. The molecule has 0 aliphatic carbocycles. The summed E-state index contributed by atoms with van der Waals surface area (Å²) < 4.78 is 11.0. The molecule has 2 aliphatic rings. The minimum absolute atomic E-state index is 0.0556. The number of benzene rings is 1. The average Bonchev–Trinajstić information content (AvgIpc) is 2.79. The molecule has 0 radical (unpaired) electrons. The Kier molecular flexibility index (Phi) is 8.50. The SMILES string of the molecule is CCC(C)(CNC(=O)NC(CN1CCOCC1)c1ccc(C)cc1)N1CCOCC1. The monoisotopic (exact) mass is 418 g/mol.